The molecule has 0 aromatic carbocycles. The standard InChI is InChI=1S/C14H18N2O4S/c17-10-6-12(13(18)19)16(7-10)14(20)15(9-3-4-9)8-11-2-1-5-21-11/h1-2,5,9-10,12,17H,3-4,6-8H2,(H,18,19)/t10-,12-/m1/s1. The fourth-order valence-electron chi connectivity index (χ4n) is 2.73. The topological polar surface area (TPSA) is 81.1 Å². The smallest absolute Gasteiger partial charge is 0.326 e. The van der Waals surface area contributed by atoms with Gasteiger partial charge in [0.15, 0.2) is 0 Å². The van der Waals surface area contributed by atoms with Gasteiger partial charge in [0.05, 0.1) is 12.6 Å². The second-order valence-electron chi connectivity index (χ2n) is 5.62. The molecule has 114 valence electrons. The third-order valence-corrected chi connectivity index (χ3v) is 4.81. The predicted octanol–water partition coefficient (Wildman–Crippen LogP) is 1.35. The van der Waals surface area contributed by atoms with Gasteiger partial charge in [0.25, 0.3) is 0 Å². The van der Waals surface area contributed by atoms with Gasteiger partial charge in [-0.3, -0.25) is 0 Å². The highest BCUT2D eigenvalue weighted by Gasteiger charge is 2.43. The van der Waals surface area contributed by atoms with E-state index in [2.05, 4.69) is 0 Å². The summed E-state index contributed by atoms with van der Waals surface area (Å²) in [5.74, 6) is -1.05. The summed E-state index contributed by atoms with van der Waals surface area (Å²) in [6.07, 6.45) is 1.28. The highest BCUT2D eigenvalue weighted by molar-refractivity contribution is 7.09. The van der Waals surface area contributed by atoms with Gasteiger partial charge in [-0.15, -0.1) is 11.3 Å². The number of thiophene rings is 1. The molecule has 1 aromatic rings. The van der Waals surface area contributed by atoms with Gasteiger partial charge in [0.1, 0.15) is 6.04 Å². The second kappa shape index (κ2) is 5.65. The van der Waals surface area contributed by atoms with E-state index in [1.54, 1.807) is 16.2 Å². The Labute approximate surface area is 126 Å². The van der Waals surface area contributed by atoms with Crippen LogP contribution in [0.25, 0.3) is 0 Å². The van der Waals surface area contributed by atoms with Gasteiger partial charge in [-0.05, 0) is 24.3 Å². The fraction of sp³-hybridized carbons (Fsp3) is 0.571. The van der Waals surface area contributed by atoms with E-state index in [4.69, 9.17) is 0 Å². The first-order valence-electron chi connectivity index (χ1n) is 7.06. The van der Waals surface area contributed by atoms with Crippen LogP contribution in [0.3, 0.4) is 0 Å². The van der Waals surface area contributed by atoms with Crippen molar-refractivity contribution in [2.24, 2.45) is 0 Å². The summed E-state index contributed by atoms with van der Waals surface area (Å²) < 4.78 is 0. The maximum atomic E-state index is 12.7. The molecule has 0 radical (unpaired) electrons. The van der Waals surface area contributed by atoms with Crippen molar-refractivity contribution in [1.82, 2.24) is 9.80 Å². The van der Waals surface area contributed by atoms with Gasteiger partial charge >= 0.3 is 12.0 Å². The number of aliphatic hydroxyl groups is 1. The Hall–Kier alpha value is -1.60. The molecule has 7 heteroatoms. The number of urea groups is 1. The van der Waals surface area contributed by atoms with Crippen LogP contribution in [0.15, 0.2) is 17.5 Å². The van der Waals surface area contributed by atoms with Crippen LogP contribution in [0.5, 0.6) is 0 Å². The monoisotopic (exact) mass is 310 g/mol. The van der Waals surface area contributed by atoms with E-state index in [-0.39, 0.29) is 25.0 Å². The average molecular weight is 310 g/mol. The van der Waals surface area contributed by atoms with Crippen LogP contribution >= 0.6 is 11.3 Å². The predicted molar refractivity (Wildman–Crippen MR) is 77.0 cm³/mol. The summed E-state index contributed by atoms with van der Waals surface area (Å²) >= 11 is 1.59. The molecule has 6 nitrogen and oxygen atoms in total. The van der Waals surface area contributed by atoms with Crippen LogP contribution in [0.1, 0.15) is 24.1 Å². The van der Waals surface area contributed by atoms with Gasteiger partial charge in [0.2, 0.25) is 0 Å². The number of carboxylic acids is 1. The summed E-state index contributed by atoms with van der Waals surface area (Å²) in [4.78, 5) is 28.1. The number of likely N-dealkylation sites (tertiary alicyclic amines) is 1. The molecule has 2 aliphatic rings. The van der Waals surface area contributed by atoms with E-state index in [0.717, 1.165) is 17.7 Å². The number of amides is 2. The summed E-state index contributed by atoms with van der Waals surface area (Å²) in [6, 6.07) is 2.93. The van der Waals surface area contributed by atoms with Crippen LogP contribution in [-0.4, -0.2) is 56.7 Å². The molecule has 2 amide bonds. The highest BCUT2D eigenvalue weighted by Crippen LogP contribution is 2.32. The van der Waals surface area contributed by atoms with Crippen LogP contribution in [0.4, 0.5) is 4.79 Å². The lowest BCUT2D eigenvalue weighted by Crippen LogP contribution is -2.48. The minimum Gasteiger partial charge on any atom is -0.480 e. The molecule has 2 atom stereocenters. The number of carbonyl (C=O) groups excluding carboxylic acids is 1. The van der Waals surface area contributed by atoms with E-state index in [1.165, 1.54) is 4.90 Å². The average Bonchev–Trinajstić information content (AvgIpc) is 2.99. The molecule has 2 fully saturated rings. The number of rotatable bonds is 4. The zero-order chi connectivity index (χ0) is 15.0. The minimum atomic E-state index is -1.05. The summed E-state index contributed by atoms with van der Waals surface area (Å²) in [7, 11) is 0. The normalized spacial score (nSPS) is 25.1. The Morgan fingerprint density at radius 1 is 1.43 bits per heavy atom. The first-order valence-corrected chi connectivity index (χ1v) is 7.94. The third-order valence-electron chi connectivity index (χ3n) is 3.95. The first kappa shape index (κ1) is 14.3. The number of aliphatic hydroxyl groups excluding tert-OH is 1. The largest absolute Gasteiger partial charge is 0.480 e. The molecule has 1 aliphatic heterocycles. The van der Waals surface area contributed by atoms with Gasteiger partial charge in [-0.2, -0.15) is 0 Å². The lowest BCUT2D eigenvalue weighted by atomic mass is 10.2. The Kier molecular flexibility index (Phi) is 3.86. The van der Waals surface area contributed by atoms with Crippen LogP contribution in [0, 0.1) is 0 Å². The fourth-order valence-corrected chi connectivity index (χ4v) is 3.44. The summed E-state index contributed by atoms with van der Waals surface area (Å²) in [5.41, 5.74) is 0. The zero-order valence-electron chi connectivity index (χ0n) is 11.5. The number of nitrogens with zero attached hydrogens (tertiary/aromatic N) is 2. The summed E-state index contributed by atoms with van der Waals surface area (Å²) in [5, 5.41) is 20.9. The van der Waals surface area contributed by atoms with E-state index in [0.29, 0.717) is 6.54 Å². The van der Waals surface area contributed by atoms with Crippen molar-refractivity contribution >= 4 is 23.3 Å². The van der Waals surface area contributed by atoms with E-state index in [1.807, 2.05) is 17.5 Å². The molecule has 1 saturated carbocycles. The molecule has 1 saturated heterocycles. The van der Waals surface area contributed by atoms with Crippen molar-refractivity contribution in [1.29, 1.82) is 0 Å². The van der Waals surface area contributed by atoms with Crippen molar-refractivity contribution in [3.63, 3.8) is 0 Å². The number of carbonyl (C=O) groups is 2. The van der Waals surface area contributed by atoms with Crippen molar-refractivity contribution < 1.29 is 19.8 Å². The van der Waals surface area contributed by atoms with Gasteiger partial charge < -0.3 is 20.0 Å². The van der Waals surface area contributed by atoms with Crippen molar-refractivity contribution in [3.8, 4) is 0 Å². The molecule has 3 rings (SSSR count). The van der Waals surface area contributed by atoms with E-state index in [9.17, 15) is 19.8 Å². The summed E-state index contributed by atoms with van der Waals surface area (Å²) in [6.45, 7) is 0.615. The van der Waals surface area contributed by atoms with Crippen molar-refractivity contribution in [2.75, 3.05) is 6.54 Å². The molecule has 0 unspecified atom stereocenters. The number of hydrogen-bond acceptors (Lipinski definition) is 4. The Morgan fingerprint density at radius 2 is 2.19 bits per heavy atom. The third kappa shape index (κ3) is 3.03. The number of aliphatic carboxylic acids is 1. The minimum absolute atomic E-state index is 0.101. The lowest BCUT2D eigenvalue weighted by molar-refractivity contribution is -0.141. The number of β-amino-alcohol motifs (C(OH)–C–C–N with tert-alkyl or cyclic N) is 1. The van der Waals surface area contributed by atoms with Crippen LogP contribution in [0.2, 0.25) is 0 Å². The van der Waals surface area contributed by atoms with E-state index < -0.39 is 18.1 Å². The zero-order valence-corrected chi connectivity index (χ0v) is 12.3. The molecule has 0 spiro atoms. The maximum absolute atomic E-state index is 12.7. The molecule has 1 aliphatic carbocycles. The molecular formula is C14H18N2O4S. The number of carboxylic acid groups (broad SMARTS) is 1. The van der Waals surface area contributed by atoms with Crippen LogP contribution in [-0.2, 0) is 11.3 Å². The Bertz CT molecular complexity index is 529. The number of hydrogen-bond donors (Lipinski definition) is 2. The SMILES string of the molecule is O=C(O)[C@H]1C[C@@H](O)CN1C(=O)N(Cc1cccs1)C1CC1. The highest BCUT2D eigenvalue weighted by atomic mass is 32.1. The van der Waals surface area contributed by atoms with Gasteiger partial charge in [-0.25, -0.2) is 9.59 Å². The lowest BCUT2D eigenvalue weighted by Gasteiger charge is -2.30. The Morgan fingerprint density at radius 3 is 2.76 bits per heavy atom. The first-order chi connectivity index (χ1) is 10.1. The molecular weight excluding hydrogens is 292 g/mol. The molecule has 1 aromatic heterocycles. The molecule has 0 bridgehead atoms. The Balaban J connectivity index is 1.75. The molecule has 2 N–H and O–H groups in total. The molecule has 21 heavy (non-hydrogen) atoms. The van der Waals surface area contributed by atoms with Crippen molar-refractivity contribution in [3.05, 3.63) is 22.4 Å². The van der Waals surface area contributed by atoms with E-state index >= 15 is 0 Å². The molecule has 2 heterocycles. The van der Waals surface area contributed by atoms with Gasteiger partial charge in [-0.1, -0.05) is 6.07 Å². The quantitative estimate of drug-likeness (QED) is 0.879. The van der Waals surface area contributed by atoms with Crippen LogP contribution < -0.4 is 0 Å². The van der Waals surface area contributed by atoms with Crippen molar-refractivity contribution in [2.45, 2.75) is 44.0 Å². The van der Waals surface area contributed by atoms with Gasteiger partial charge in [0, 0.05) is 23.9 Å². The second-order valence-corrected chi connectivity index (χ2v) is 6.65. The maximum Gasteiger partial charge on any atom is 0.326 e.